The zero-order valence-electron chi connectivity index (χ0n) is 18.7. The quantitative estimate of drug-likeness (QED) is 0.452. The first kappa shape index (κ1) is 26.1. The molecule has 0 unspecified atom stereocenters. The molecular weight excluding hydrogens is 480 g/mol. The van der Waals surface area contributed by atoms with E-state index in [0.29, 0.717) is 10.5 Å². The van der Waals surface area contributed by atoms with Gasteiger partial charge in [-0.1, -0.05) is 42.3 Å². The van der Waals surface area contributed by atoms with Crippen molar-refractivity contribution in [2.24, 2.45) is 0 Å². The van der Waals surface area contributed by atoms with Gasteiger partial charge >= 0.3 is 6.09 Å². The number of carbonyl (C=O) groups excluding carboxylic acids is 3. The third-order valence-corrected chi connectivity index (χ3v) is 6.27. The maximum absolute atomic E-state index is 14.3. The van der Waals surface area contributed by atoms with Crippen molar-refractivity contribution in [3.8, 4) is 12.3 Å². The Labute approximate surface area is 205 Å². The van der Waals surface area contributed by atoms with Crippen LogP contribution in [0.25, 0.3) is 0 Å². The minimum Gasteiger partial charge on any atom is -0.436 e. The fourth-order valence-corrected chi connectivity index (χ4v) is 4.38. The maximum atomic E-state index is 14.3. The average Bonchev–Trinajstić information content (AvgIpc) is 3.47. The van der Waals surface area contributed by atoms with Crippen LogP contribution in [-0.4, -0.2) is 65.2 Å². The molecule has 1 aliphatic rings. The van der Waals surface area contributed by atoms with Gasteiger partial charge in [0.05, 0.1) is 19.1 Å². The van der Waals surface area contributed by atoms with Crippen LogP contribution < -0.4 is 10.6 Å². The molecule has 2 heterocycles. The second-order valence-electron chi connectivity index (χ2n) is 8.00. The topological polar surface area (TPSA) is 108 Å². The molecule has 1 aromatic heterocycles. The normalized spacial score (nSPS) is 18.2. The number of alkyl carbamates (subject to hydrolysis) is 1. The SMILES string of the molecule is C#CCOC(=O)N[C@@H](Cc1ccccc1)[C@H](O)C(=O)N1CC(F)(F)C[C@H]1C(=O)NCc1cccs1. The van der Waals surface area contributed by atoms with Gasteiger partial charge in [0.2, 0.25) is 5.91 Å². The minimum atomic E-state index is -3.31. The molecule has 0 radical (unpaired) electrons. The monoisotopic (exact) mass is 505 g/mol. The highest BCUT2D eigenvalue weighted by molar-refractivity contribution is 7.09. The number of hydrogen-bond acceptors (Lipinski definition) is 6. The summed E-state index contributed by atoms with van der Waals surface area (Å²) < 4.78 is 33.3. The van der Waals surface area contributed by atoms with Gasteiger partial charge in [-0.25, -0.2) is 13.6 Å². The Morgan fingerprint density at radius 2 is 2.00 bits per heavy atom. The summed E-state index contributed by atoms with van der Waals surface area (Å²) in [6.07, 6.45) is 1.30. The fourth-order valence-electron chi connectivity index (χ4n) is 3.74. The maximum Gasteiger partial charge on any atom is 0.408 e. The van der Waals surface area contributed by atoms with E-state index in [2.05, 4.69) is 16.6 Å². The standard InChI is InChI=1S/C24H25F2N3O5S/c1-2-10-34-23(33)28-18(12-16-7-4-3-5-8-16)20(30)22(32)29-15-24(25,26)13-19(29)21(31)27-14-17-9-6-11-35-17/h1,3-9,11,18-20,30H,10,12-15H2,(H,27,31)(H,28,33)/t18-,19-,20-/m0/s1. The van der Waals surface area contributed by atoms with Crippen molar-refractivity contribution in [3.63, 3.8) is 0 Å². The zero-order valence-corrected chi connectivity index (χ0v) is 19.5. The zero-order chi connectivity index (χ0) is 25.4. The lowest BCUT2D eigenvalue weighted by Gasteiger charge is -2.29. The number of halogens is 2. The first-order valence-electron chi connectivity index (χ1n) is 10.8. The lowest BCUT2D eigenvalue weighted by atomic mass is 10.00. The third-order valence-electron chi connectivity index (χ3n) is 5.39. The molecule has 3 N–H and O–H groups in total. The average molecular weight is 506 g/mol. The van der Waals surface area contributed by atoms with Gasteiger partial charge < -0.3 is 25.4 Å². The van der Waals surface area contributed by atoms with Crippen LogP contribution in [0, 0.1) is 12.3 Å². The Hall–Kier alpha value is -3.49. The Morgan fingerprint density at radius 1 is 1.26 bits per heavy atom. The number of ether oxygens (including phenoxy) is 1. The molecule has 3 amide bonds. The van der Waals surface area contributed by atoms with Gasteiger partial charge in [0.1, 0.15) is 6.04 Å². The molecule has 1 fully saturated rings. The molecule has 1 aliphatic heterocycles. The van der Waals surface area contributed by atoms with Crippen LogP contribution in [0.1, 0.15) is 16.9 Å². The van der Waals surface area contributed by atoms with Crippen LogP contribution in [0.4, 0.5) is 13.6 Å². The van der Waals surface area contributed by atoms with E-state index in [9.17, 15) is 28.3 Å². The van der Waals surface area contributed by atoms with Gasteiger partial charge in [-0.2, -0.15) is 0 Å². The second-order valence-corrected chi connectivity index (χ2v) is 9.04. The molecule has 1 aromatic carbocycles. The van der Waals surface area contributed by atoms with Crippen LogP contribution in [0.3, 0.4) is 0 Å². The predicted octanol–water partition coefficient (Wildman–Crippen LogP) is 1.93. The van der Waals surface area contributed by atoms with E-state index < -0.39 is 55.0 Å². The third kappa shape index (κ3) is 7.24. The highest BCUT2D eigenvalue weighted by Gasteiger charge is 2.51. The molecule has 0 aliphatic carbocycles. The molecule has 0 saturated carbocycles. The van der Waals surface area contributed by atoms with Crippen LogP contribution in [0.5, 0.6) is 0 Å². The van der Waals surface area contributed by atoms with E-state index in [4.69, 9.17) is 11.2 Å². The second kappa shape index (κ2) is 11.8. The van der Waals surface area contributed by atoms with E-state index in [1.165, 1.54) is 11.3 Å². The number of nitrogens with zero attached hydrogens (tertiary/aromatic N) is 1. The molecule has 11 heteroatoms. The van der Waals surface area contributed by atoms with Crippen molar-refractivity contribution < 1.29 is 33.0 Å². The molecule has 2 aromatic rings. The first-order chi connectivity index (χ1) is 16.7. The number of terminal acetylenes is 1. The first-order valence-corrected chi connectivity index (χ1v) is 11.7. The van der Waals surface area contributed by atoms with E-state index in [0.717, 1.165) is 4.88 Å². The molecule has 3 atom stereocenters. The van der Waals surface area contributed by atoms with Gasteiger partial charge in [0.25, 0.3) is 11.8 Å². The summed E-state index contributed by atoms with van der Waals surface area (Å²) in [5, 5.41) is 17.6. The smallest absolute Gasteiger partial charge is 0.408 e. The number of hydrogen-bond donors (Lipinski definition) is 3. The Morgan fingerprint density at radius 3 is 2.66 bits per heavy atom. The van der Waals surface area contributed by atoms with Gasteiger partial charge in [0.15, 0.2) is 12.7 Å². The molecular formula is C24H25F2N3O5S. The molecule has 1 saturated heterocycles. The van der Waals surface area contributed by atoms with Crippen molar-refractivity contribution in [2.45, 2.75) is 43.5 Å². The molecule has 35 heavy (non-hydrogen) atoms. The number of alkyl halides is 2. The summed E-state index contributed by atoms with van der Waals surface area (Å²) >= 11 is 1.39. The van der Waals surface area contributed by atoms with Crippen LogP contribution in [0.2, 0.25) is 0 Å². The number of carbonyl (C=O) groups is 3. The number of nitrogens with one attached hydrogen (secondary N) is 2. The molecule has 0 spiro atoms. The van der Waals surface area contributed by atoms with Gasteiger partial charge in [-0.05, 0) is 23.4 Å². The van der Waals surface area contributed by atoms with Crippen molar-refractivity contribution in [1.82, 2.24) is 15.5 Å². The molecule has 0 bridgehead atoms. The highest BCUT2D eigenvalue weighted by atomic mass is 32.1. The summed E-state index contributed by atoms with van der Waals surface area (Å²) in [6.45, 7) is -1.24. The summed E-state index contributed by atoms with van der Waals surface area (Å²) in [7, 11) is 0. The van der Waals surface area contributed by atoms with Crippen LogP contribution >= 0.6 is 11.3 Å². The largest absolute Gasteiger partial charge is 0.436 e. The van der Waals surface area contributed by atoms with Gasteiger partial charge in [0, 0.05) is 11.3 Å². The lowest BCUT2D eigenvalue weighted by molar-refractivity contribution is -0.147. The molecule has 3 rings (SSSR count). The summed E-state index contributed by atoms with van der Waals surface area (Å²) in [4.78, 5) is 39.4. The summed E-state index contributed by atoms with van der Waals surface area (Å²) in [6, 6.07) is 9.51. The number of rotatable bonds is 9. The Kier molecular flexibility index (Phi) is 8.78. The number of aliphatic hydroxyl groups is 1. The predicted molar refractivity (Wildman–Crippen MR) is 124 cm³/mol. The van der Waals surface area contributed by atoms with Crippen molar-refractivity contribution in [3.05, 3.63) is 58.3 Å². The van der Waals surface area contributed by atoms with Crippen molar-refractivity contribution in [2.75, 3.05) is 13.2 Å². The lowest BCUT2D eigenvalue weighted by Crippen LogP contribution is -2.56. The van der Waals surface area contributed by atoms with Crippen molar-refractivity contribution in [1.29, 1.82) is 0 Å². The van der Waals surface area contributed by atoms with Crippen LogP contribution in [-0.2, 0) is 27.3 Å². The Bertz CT molecular complexity index is 1060. The minimum absolute atomic E-state index is 0.00161. The summed E-state index contributed by atoms with van der Waals surface area (Å²) in [5.41, 5.74) is 0.665. The van der Waals surface area contributed by atoms with Gasteiger partial charge in [-0.3, -0.25) is 9.59 Å². The van der Waals surface area contributed by atoms with E-state index >= 15 is 0 Å². The number of thiophene rings is 1. The number of benzene rings is 1. The Balaban J connectivity index is 1.75. The number of aliphatic hydroxyl groups excluding tert-OH is 1. The van der Waals surface area contributed by atoms with Gasteiger partial charge in [-0.15, -0.1) is 17.8 Å². The fraction of sp³-hybridized carbons (Fsp3) is 0.375. The number of amides is 3. The van der Waals surface area contributed by atoms with Crippen molar-refractivity contribution >= 4 is 29.2 Å². The van der Waals surface area contributed by atoms with E-state index in [1.807, 2.05) is 5.38 Å². The van der Waals surface area contributed by atoms with E-state index in [1.54, 1.807) is 42.5 Å². The highest BCUT2D eigenvalue weighted by Crippen LogP contribution is 2.33. The van der Waals surface area contributed by atoms with Crippen LogP contribution in [0.15, 0.2) is 47.8 Å². The molecule has 8 nitrogen and oxygen atoms in total. The number of likely N-dealkylation sites (tertiary alicyclic amines) is 1. The molecule has 186 valence electrons. The summed E-state index contributed by atoms with van der Waals surface area (Å²) in [5.74, 6) is -3.04. The van der Waals surface area contributed by atoms with E-state index in [-0.39, 0.29) is 19.6 Å².